The highest BCUT2D eigenvalue weighted by atomic mass is 16.5. The van der Waals surface area contributed by atoms with Crippen molar-refractivity contribution in [3.63, 3.8) is 0 Å². The standard InChI is InChI=1S/C19H18N4O4/c1-11-4-7-14(8-5-11)23-18(25)17(12(2)22-23)21-20-15-9-6-13(10-16(15)24)19(26)27-3/h4-10,24-25H,1-3H3/b21-20+. The van der Waals surface area contributed by atoms with E-state index < -0.39 is 5.97 Å². The molecule has 8 heteroatoms. The lowest BCUT2D eigenvalue weighted by molar-refractivity contribution is 0.0600. The molecule has 3 rings (SSSR count). The van der Waals surface area contributed by atoms with Gasteiger partial charge in [-0.1, -0.05) is 17.7 Å². The molecule has 0 radical (unpaired) electrons. The molecule has 0 aliphatic carbocycles. The maximum absolute atomic E-state index is 11.5. The number of aromatic hydroxyl groups is 2. The van der Waals surface area contributed by atoms with Crippen LogP contribution in [0.4, 0.5) is 11.4 Å². The molecule has 0 spiro atoms. The maximum atomic E-state index is 11.5. The Morgan fingerprint density at radius 3 is 2.41 bits per heavy atom. The Labute approximate surface area is 155 Å². The smallest absolute Gasteiger partial charge is 0.337 e. The van der Waals surface area contributed by atoms with Crippen LogP contribution in [0.5, 0.6) is 11.6 Å². The third kappa shape index (κ3) is 3.64. The molecule has 0 aliphatic heterocycles. The minimum absolute atomic E-state index is 0.143. The van der Waals surface area contributed by atoms with Gasteiger partial charge in [-0.05, 0) is 44.2 Å². The second-order valence-corrected chi connectivity index (χ2v) is 5.90. The zero-order valence-electron chi connectivity index (χ0n) is 15.0. The number of hydrogen-bond acceptors (Lipinski definition) is 7. The first kappa shape index (κ1) is 18.1. The van der Waals surface area contributed by atoms with Crippen LogP contribution in [0.2, 0.25) is 0 Å². The van der Waals surface area contributed by atoms with E-state index in [0.29, 0.717) is 11.4 Å². The molecule has 3 aromatic rings. The van der Waals surface area contributed by atoms with E-state index >= 15 is 0 Å². The number of benzene rings is 2. The van der Waals surface area contributed by atoms with Gasteiger partial charge in [-0.25, -0.2) is 4.79 Å². The lowest BCUT2D eigenvalue weighted by Gasteiger charge is -2.03. The van der Waals surface area contributed by atoms with Crippen LogP contribution in [-0.4, -0.2) is 33.1 Å². The fraction of sp³-hybridized carbons (Fsp3) is 0.158. The number of methoxy groups -OCH3 is 1. The zero-order valence-corrected chi connectivity index (χ0v) is 15.0. The Balaban J connectivity index is 1.92. The summed E-state index contributed by atoms with van der Waals surface area (Å²) < 4.78 is 5.96. The Hall–Kier alpha value is -3.68. The van der Waals surface area contributed by atoms with Gasteiger partial charge in [0, 0.05) is 0 Å². The number of ether oxygens (including phenoxy) is 1. The zero-order chi connectivity index (χ0) is 19.6. The summed E-state index contributed by atoms with van der Waals surface area (Å²) in [4.78, 5) is 11.5. The quantitative estimate of drug-likeness (QED) is 0.533. The van der Waals surface area contributed by atoms with E-state index in [4.69, 9.17) is 0 Å². The summed E-state index contributed by atoms with van der Waals surface area (Å²) in [5, 5.41) is 32.7. The monoisotopic (exact) mass is 366 g/mol. The average molecular weight is 366 g/mol. The van der Waals surface area contributed by atoms with Gasteiger partial charge in [0.2, 0.25) is 5.88 Å². The molecular formula is C19H18N4O4. The molecule has 0 amide bonds. The van der Waals surface area contributed by atoms with Gasteiger partial charge in [0.05, 0.1) is 24.1 Å². The Morgan fingerprint density at radius 1 is 1.07 bits per heavy atom. The summed E-state index contributed by atoms with van der Waals surface area (Å²) >= 11 is 0. The van der Waals surface area contributed by atoms with Gasteiger partial charge in [0.15, 0.2) is 5.69 Å². The molecule has 0 saturated heterocycles. The van der Waals surface area contributed by atoms with Gasteiger partial charge in [-0.15, -0.1) is 10.2 Å². The Morgan fingerprint density at radius 2 is 1.78 bits per heavy atom. The largest absolute Gasteiger partial charge is 0.506 e. The Kier molecular flexibility index (Phi) is 4.89. The highest BCUT2D eigenvalue weighted by molar-refractivity contribution is 5.90. The van der Waals surface area contributed by atoms with Crippen LogP contribution in [0.1, 0.15) is 21.6 Å². The van der Waals surface area contributed by atoms with Crippen molar-refractivity contribution in [3.8, 4) is 17.3 Å². The van der Waals surface area contributed by atoms with Crippen molar-refractivity contribution >= 4 is 17.3 Å². The number of nitrogens with zero attached hydrogens (tertiary/aromatic N) is 4. The van der Waals surface area contributed by atoms with Crippen LogP contribution in [-0.2, 0) is 4.74 Å². The molecule has 1 heterocycles. The van der Waals surface area contributed by atoms with Crippen molar-refractivity contribution in [2.45, 2.75) is 13.8 Å². The number of rotatable bonds is 4. The van der Waals surface area contributed by atoms with Crippen molar-refractivity contribution in [3.05, 3.63) is 59.3 Å². The first-order valence-corrected chi connectivity index (χ1v) is 8.09. The van der Waals surface area contributed by atoms with Crippen molar-refractivity contribution in [1.29, 1.82) is 0 Å². The predicted octanol–water partition coefficient (Wildman–Crippen LogP) is 4.10. The second-order valence-electron chi connectivity index (χ2n) is 5.90. The second kappa shape index (κ2) is 7.28. The number of esters is 1. The number of phenols is 1. The van der Waals surface area contributed by atoms with Crippen molar-refractivity contribution in [1.82, 2.24) is 9.78 Å². The molecule has 27 heavy (non-hydrogen) atoms. The van der Waals surface area contributed by atoms with E-state index in [-0.39, 0.29) is 28.6 Å². The van der Waals surface area contributed by atoms with E-state index in [9.17, 15) is 15.0 Å². The van der Waals surface area contributed by atoms with Gasteiger partial charge < -0.3 is 14.9 Å². The van der Waals surface area contributed by atoms with Crippen molar-refractivity contribution in [2.75, 3.05) is 7.11 Å². The molecule has 0 unspecified atom stereocenters. The van der Waals surface area contributed by atoms with Gasteiger partial charge in [0.1, 0.15) is 11.4 Å². The number of aromatic nitrogens is 2. The highest BCUT2D eigenvalue weighted by Crippen LogP contribution is 2.35. The fourth-order valence-corrected chi connectivity index (χ4v) is 2.45. The number of hydrogen-bond donors (Lipinski definition) is 2. The molecule has 2 aromatic carbocycles. The van der Waals surface area contributed by atoms with Gasteiger partial charge in [-0.3, -0.25) is 0 Å². The summed E-state index contributed by atoms with van der Waals surface area (Å²) in [6, 6.07) is 11.6. The van der Waals surface area contributed by atoms with Gasteiger partial charge in [0.25, 0.3) is 0 Å². The number of carbonyl (C=O) groups excluding carboxylic acids is 1. The molecule has 2 N–H and O–H groups in total. The summed E-state index contributed by atoms with van der Waals surface area (Å²) in [6.07, 6.45) is 0. The average Bonchev–Trinajstić information content (AvgIpc) is 2.94. The van der Waals surface area contributed by atoms with Gasteiger partial charge in [-0.2, -0.15) is 9.78 Å². The summed E-state index contributed by atoms with van der Waals surface area (Å²) in [6.45, 7) is 3.66. The summed E-state index contributed by atoms with van der Waals surface area (Å²) in [7, 11) is 1.25. The third-order valence-corrected chi connectivity index (χ3v) is 3.94. The molecule has 0 saturated carbocycles. The van der Waals surface area contributed by atoms with Crippen LogP contribution in [0.25, 0.3) is 5.69 Å². The highest BCUT2D eigenvalue weighted by Gasteiger charge is 2.16. The maximum Gasteiger partial charge on any atom is 0.337 e. The van der Waals surface area contributed by atoms with E-state index in [1.54, 1.807) is 6.92 Å². The molecule has 0 bridgehead atoms. The predicted molar refractivity (Wildman–Crippen MR) is 98.3 cm³/mol. The summed E-state index contributed by atoms with van der Waals surface area (Å²) in [5.41, 5.74) is 2.78. The van der Waals surface area contributed by atoms with Crippen LogP contribution >= 0.6 is 0 Å². The summed E-state index contributed by atoms with van der Waals surface area (Å²) in [5.74, 6) is -0.961. The molecule has 0 aliphatic rings. The topological polar surface area (TPSA) is 109 Å². The Bertz CT molecular complexity index is 1020. The van der Waals surface area contributed by atoms with Crippen LogP contribution < -0.4 is 0 Å². The van der Waals surface area contributed by atoms with Crippen LogP contribution in [0, 0.1) is 13.8 Å². The molecule has 0 atom stereocenters. The minimum Gasteiger partial charge on any atom is -0.506 e. The van der Waals surface area contributed by atoms with Gasteiger partial charge >= 0.3 is 5.97 Å². The lowest BCUT2D eigenvalue weighted by atomic mass is 10.2. The normalized spacial score (nSPS) is 11.1. The number of azo groups is 1. The molecular weight excluding hydrogens is 348 g/mol. The van der Waals surface area contributed by atoms with Crippen molar-refractivity contribution in [2.24, 2.45) is 10.2 Å². The lowest BCUT2D eigenvalue weighted by Crippen LogP contribution is -2.00. The third-order valence-electron chi connectivity index (χ3n) is 3.94. The molecule has 0 fully saturated rings. The minimum atomic E-state index is -0.568. The van der Waals surface area contributed by atoms with Crippen LogP contribution in [0.3, 0.4) is 0 Å². The number of phenolic OH excluding ortho intramolecular Hbond substituents is 1. The molecule has 8 nitrogen and oxygen atoms in total. The van der Waals surface area contributed by atoms with E-state index in [2.05, 4.69) is 20.1 Å². The first-order valence-electron chi connectivity index (χ1n) is 8.09. The van der Waals surface area contributed by atoms with E-state index in [1.165, 1.54) is 30.0 Å². The number of carbonyl (C=O) groups is 1. The van der Waals surface area contributed by atoms with E-state index in [0.717, 1.165) is 5.56 Å². The molecule has 138 valence electrons. The van der Waals surface area contributed by atoms with Crippen LogP contribution in [0.15, 0.2) is 52.7 Å². The number of aryl methyl sites for hydroxylation is 2. The molecule has 1 aromatic heterocycles. The van der Waals surface area contributed by atoms with E-state index in [1.807, 2.05) is 31.2 Å². The fourth-order valence-electron chi connectivity index (χ4n) is 2.45. The first-order chi connectivity index (χ1) is 12.9. The SMILES string of the molecule is COC(=O)c1ccc(/N=N/c2c(C)nn(-c3ccc(C)cc3)c2O)c(O)c1. The van der Waals surface area contributed by atoms with Crippen molar-refractivity contribution < 1.29 is 19.7 Å².